The van der Waals surface area contributed by atoms with Crippen molar-refractivity contribution >= 4 is 0 Å². The van der Waals surface area contributed by atoms with E-state index in [-0.39, 0.29) is 6.04 Å². The van der Waals surface area contributed by atoms with Gasteiger partial charge in [-0.05, 0) is 33.0 Å². The third-order valence-electron chi connectivity index (χ3n) is 1.66. The first kappa shape index (κ1) is 9.07. The van der Waals surface area contributed by atoms with Crippen LogP contribution in [0, 0.1) is 0 Å². The van der Waals surface area contributed by atoms with E-state index in [9.17, 15) is 0 Å². The van der Waals surface area contributed by atoms with Crippen LogP contribution in [-0.4, -0.2) is 7.05 Å². The third kappa shape index (κ3) is 2.24. The zero-order chi connectivity index (χ0) is 8.97. The lowest BCUT2D eigenvalue weighted by atomic mass is 10.1. The second-order valence-corrected chi connectivity index (χ2v) is 3.03. The quantitative estimate of drug-likeness (QED) is 0.696. The average Bonchev–Trinajstić information content (AvgIpc) is 2.51. The normalized spacial score (nSPS) is 12.6. The molecule has 0 bridgehead atoms. The van der Waals surface area contributed by atoms with Crippen molar-refractivity contribution in [2.45, 2.75) is 19.9 Å². The maximum atomic E-state index is 5.28. The SMILES string of the molecule is CNC(C=C(C)C)c1ccco1. The predicted octanol–water partition coefficient (Wildman–Crippen LogP) is 2.51. The van der Waals surface area contributed by atoms with Crippen LogP contribution in [0.15, 0.2) is 34.5 Å². The van der Waals surface area contributed by atoms with Crippen LogP contribution in [0.1, 0.15) is 25.6 Å². The molecule has 0 radical (unpaired) electrons. The Bertz CT molecular complexity index is 245. The van der Waals surface area contributed by atoms with Crippen LogP contribution in [0.4, 0.5) is 0 Å². The van der Waals surface area contributed by atoms with Crippen LogP contribution in [-0.2, 0) is 0 Å². The molecular weight excluding hydrogens is 150 g/mol. The van der Waals surface area contributed by atoms with E-state index in [1.807, 2.05) is 19.2 Å². The van der Waals surface area contributed by atoms with Gasteiger partial charge in [0.2, 0.25) is 0 Å². The maximum absolute atomic E-state index is 5.28. The standard InChI is InChI=1S/C10H15NO/c1-8(2)7-9(11-3)10-5-4-6-12-10/h4-7,9,11H,1-3H3. The molecule has 1 unspecified atom stereocenters. The molecule has 1 atom stereocenters. The van der Waals surface area contributed by atoms with Crippen LogP contribution in [0.25, 0.3) is 0 Å². The number of furan rings is 1. The van der Waals surface area contributed by atoms with Crippen molar-refractivity contribution < 1.29 is 4.42 Å². The summed E-state index contributed by atoms with van der Waals surface area (Å²) in [6.45, 7) is 4.15. The second kappa shape index (κ2) is 4.12. The summed E-state index contributed by atoms with van der Waals surface area (Å²) in [5.74, 6) is 0.957. The van der Waals surface area contributed by atoms with Crippen LogP contribution in [0.5, 0.6) is 0 Å². The van der Waals surface area contributed by atoms with E-state index < -0.39 is 0 Å². The minimum absolute atomic E-state index is 0.199. The third-order valence-corrected chi connectivity index (χ3v) is 1.66. The Kier molecular flexibility index (Phi) is 3.11. The summed E-state index contributed by atoms with van der Waals surface area (Å²) in [5.41, 5.74) is 1.28. The molecular formula is C10H15NO. The molecule has 1 N–H and O–H groups in total. The van der Waals surface area contributed by atoms with Crippen molar-refractivity contribution in [2.75, 3.05) is 7.05 Å². The van der Waals surface area contributed by atoms with Gasteiger partial charge < -0.3 is 9.73 Å². The second-order valence-electron chi connectivity index (χ2n) is 3.03. The fourth-order valence-corrected chi connectivity index (χ4v) is 1.11. The average molecular weight is 165 g/mol. The topological polar surface area (TPSA) is 25.2 Å². The van der Waals surface area contributed by atoms with Crippen molar-refractivity contribution in [3.05, 3.63) is 35.8 Å². The zero-order valence-corrected chi connectivity index (χ0v) is 7.79. The highest BCUT2D eigenvalue weighted by atomic mass is 16.3. The Hall–Kier alpha value is -1.02. The molecule has 2 heteroatoms. The van der Waals surface area contributed by atoms with Gasteiger partial charge in [-0.1, -0.05) is 11.6 Å². The molecule has 66 valence electrons. The van der Waals surface area contributed by atoms with Gasteiger partial charge in [-0.3, -0.25) is 0 Å². The van der Waals surface area contributed by atoms with E-state index >= 15 is 0 Å². The molecule has 1 aromatic rings. The van der Waals surface area contributed by atoms with Gasteiger partial charge in [-0.15, -0.1) is 0 Å². The molecule has 0 saturated heterocycles. The minimum atomic E-state index is 0.199. The summed E-state index contributed by atoms with van der Waals surface area (Å²) in [5, 5.41) is 3.17. The molecule has 1 rings (SSSR count). The zero-order valence-electron chi connectivity index (χ0n) is 7.79. The molecule has 1 aromatic heterocycles. The van der Waals surface area contributed by atoms with Gasteiger partial charge in [0.05, 0.1) is 12.3 Å². The summed E-state index contributed by atoms with van der Waals surface area (Å²) in [6, 6.07) is 4.07. The van der Waals surface area contributed by atoms with Gasteiger partial charge in [-0.2, -0.15) is 0 Å². The summed E-state index contributed by atoms with van der Waals surface area (Å²) in [4.78, 5) is 0. The van der Waals surface area contributed by atoms with Crippen molar-refractivity contribution in [3.8, 4) is 0 Å². The highest BCUT2D eigenvalue weighted by molar-refractivity contribution is 5.13. The van der Waals surface area contributed by atoms with E-state index in [2.05, 4.69) is 25.2 Å². The number of rotatable bonds is 3. The van der Waals surface area contributed by atoms with E-state index in [4.69, 9.17) is 4.42 Å². The van der Waals surface area contributed by atoms with Gasteiger partial charge >= 0.3 is 0 Å². The van der Waals surface area contributed by atoms with Crippen molar-refractivity contribution in [2.24, 2.45) is 0 Å². The Morgan fingerprint density at radius 3 is 2.75 bits per heavy atom. The smallest absolute Gasteiger partial charge is 0.124 e. The Balaban J connectivity index is 2.77. The number of allylic oxidation sites excluding steroid dienone is 1. The first-order valence-electron chi connectivity index (χ1n) is 4.09. The predicted molar refractivity (Wildman–Crippen MR) is 49.9 cm³/mol. The number of likely N-dealkylation sites (N-methyl/N-ethyl adjacent to an activating group) is 1. The Morgan fingerprint density at radius 1 is 1.58 bits per heavy atom. The molecule has 2 nitrogen and oxygen atoms in total. The first-order valence-corrected chi connectivity index (χ1v) is 4.09. The highest BCUT2D eigenvalue weighted by Crippen LogP contribution is 2.15. The summed E-state index contributed by atoms with van der Waals surface area (Å²) in [6.07, 6.45) is 3.83. The molecule has 0 aliphatic rings. The van der Waals surface area contributed by atoms with Gasteiger partial charge in [0.1, 0.15) is 5.76 Å². The maximum Gasteiger partial charge on any atom is 0.124 e. The monoisotopic (exact) mass is 165 g/mol. The molecule has 0 saturated carbocycles. The van der Waals surface area contributed by atoms with Gasteiger partial charge in [-0.25, -0.2) is 0 Å². The molecule has 0 spiro atoms. The van der Waals surface area contributed by atoms with E-state index in [0.717, 1.165) is 5.76 Å². The van der Waals surface area contributed by atoms with Gasteiger partial charge in [0, 0.05) is 0 Å². The molecule has 12 heavy (non-hydrogen) atoms. The van der Waals surface area contributed by atoms with Crippen LogP contribution >= 0.6 is 0 Å². The number of nitrogens with one attached hydrogen (secondary N) is 1. The van der Waals surface area contributed by atoms with Gasteiger partial charge in [0.15, 0.2) is 0 Å². The van der Waals surface area contributed by atoms with Gasteiger partial charge in [0.25, 0.3) is 0 Å². The van der Waals surface area contributed by atoms with E-state index in [0.29, 0.717) is 0 Å². The fourth-order valence-electron chi connectivity index (χ4n) is 1.11. The molecule has 0 aromatic carbocycles. The van der Waals surface area contributed by atoms with Crippen LogP contribution < -0.4 is 5.32 Å². The summed E-state index contributed by atoms with van der Waals surface area (Å²) >= 11 is 0. The van der Waals surface area contributed by atoms with E-state index in [1.54, 1.807) is 6.26 Å². The van der Waals surface area contributed by atoms with Crippen LogP contribution in [0.2, 0.25) is 0 Å². The van der Waals surface area contributed by atoms with Crippen molar-refractivity contribution in [1.29, 1.82) is 0 Å². The Labute approximate surface area is 73.3 Å². The summed E-state index contributed by atoms with van der Waals surface area (Å²) in [7, 11) is 1.92. The molecule has 0 aliphatic heterocycles. The largest absolute Gasteiger partial charge is 0.467 e. The lowest BCUT2D eigenvalue weighted by Crippen LogP contribution is -2.13. The lowest BCUT2D eigenvalue weighted by molar-refractivity contribution is 0.468. The summed E-state index contributed by atoms with van der Waals surface area (Å²) < 4.78 is 5.28. The van der Waals surface area contributed by atoms with Crippen LogP contribution in [0.3, 0.4) is 0 Å². The first-order chi connectivity index (χ1) is 5.74. The highest BCUT2D eigenvalue weighted by Gasteiger charge is 2.07. The van der Waals surface area contributed by atoms with Crippen molar-refractivity contribution in [1.82, 2.24) is 5.32 Å². The molecule has 0 amide bonds. The van der Waals surface area contributed by atoms with Crippen molar-refractivity contribution in [3.63, 3.8) is 0 Å². The molecule has 0 aliphatic carbocycles. The molecule has 0 fully saturated rings. The fraction of sp³-hybridized carbons (Fsp3) is 0.400. The minimum Gasteiger partial charge on any atom is -0.467 e. The molecule has 1 heterocycles. The number of hydrogen-bond donors (Lipinski definition) is 1. The Morgan fingerprint density at radius 2 is 2.33 bits per heavy atom. The van der Waals surface area contributed by atoms with E-state index in [1.165, 1.54) is 5.57 Å². The lowest BCUT2D eigenvalue weighted by Gasteiger charge is -2.08. The number of hydrogen-bond acceptors (Lipinski definition) is 2.